The molecule has 1 saturated carbocycles. The quantitative estimate of drug-likeness (QED) is 0.510. The zero-order chi connectivity index (χ0) is 26.7. The summed E-state index contributed by atoms with van der Waals surface area (Å²) in [6.07, 6.45) is 0.638. The van der Waals surface area contributed by atoms with Crippen LogP contribution in [0.3, 0.4) is 0 Å². The summed E-state index contributed by atoms with van der Waals surface area (Å²) in [5.41, 5.74) is 2.18. The lowest BCUT2D eigenvalue weighted by atomic mass is 9.95. The minimum Gasteiger partial charge on any atom is -0.444 e. The van der Waals surface area contributed by atoms with Gasteiger partial charge in [-0.2, -0.15) is 0 Å². The summed E-state index contributed by atoms with van der Waals surface area (Å²) in [6.45, 7) is 19.3. The van der Waals surface area contributed by atoms with Crippen LogP contribution < -0.4 is 10.6 Å². The van der Waals surface area contributed by atoms with Gasteiger partial charge in [0, 0.05) is 12.1 Å². The van der Waals surface area contributed by atoms with Gasteiger partial charge in [-0.1, -0.05) is 44.5 Å². The Hall–Kier alpha value is -2.57. The van der Waals surface area contributed by atoms with E-state index in [2.05, 4.69) is 17.6 Å². The summed E-state index contributed by atoms with van der Waals surface area (Å²) in [7, 11) is 0. The zero-order valence-corrected chi connectivity index (χ0v) is 23.2. The molecule has 1 aliphatic rings. The van der Waals surface area contributed by atoms with E-state index in [1.165, 1.54) is 0 Å². The van der Waals surface area contributed by atoms with Crippen LogP contribution in [0.4, 0.5) is 4.79 Å². The molecule has 1 aliphatic carbocycles. The monoisotopic (exact) mass is 487 g/mol. The van der Waals surface area contributed by atoms with E-state index in [1.54, 1.807) is 25.7 Å². The van der Waals surface area contributed by atoms with Crippen molar-refractivity contribution in [2.24, 2.45) is 11.8 Å². The summed E-state index contributed by atoms with van der Waals surface area (Å²) in [6, 6.07) is 4.24. The molecular weight excluding hydrogens is 442 g/mol. The molecular formula is C28H45N3O4. The van der Waals surface area contributed by atoms with Gasteiger partial charge in [-0.25, -0.2) is 4.79 Å². The first-order chi connectivity index (χ1) is 16.1. The van der Waals surface area contributed by atoms with Crippen molar-refractivity contribution in [3.8, 4) is 0 Å². The molecule has 0 bridgehead atoms. The highest BCUT2D eigenvalue weighted by Crippen LogP contribution is 2.41. The number of nitrogens with zero attached hydrogens (tertiary/aromatic N) is 1. The van der Waals surface area contributed by atoms with Gasteiger partial charge in [0.25, 0.3) is 0 Å². The number of rotatable bonds is 9. The molecule has 0 aliphatic heterocycles. The van der Waals surface area contributed by atoms with Gasteiger partial charge in [0.15, 0.2) is 0 Å². The van der Waals surface area contributed by atoms with E-state index in [-0.39, 0.29) is 35.7 Å². The number of ether oxygens (including phenoxy) is 1. The largest absolute Gasteiger partial charge is 0.444 e. The molecule has 0 saturated heterocycles. The van der Waals surface area contributed by atoms with E-state index in [0.717, 1.165) is 23.1 Å². The van der Waals surface area contributed by atoms with Crippen LogP contribution in [0.1, 0.15) is 91.0 Å². The molecule has 1 aromatic carbocycles. The molecule has 2 rings (SSSR count). The number of hydrogen-bond acceptors (Lipinski definition) is 4. The Morgan fingerprint density at radius 2 is 1.69 bits per heavy atom. The Labute approximate surface area is 211 Å². The maximum Gasteiger partial charge on any atom is 0.408 e. The van der Waals surface area contributed by atoms with Crippen LogP contribution in [0, 0.1) is 25.7 Å². The standard InChI is InChI=1S/C28H45N3O4/c1-16(2)13-22(30-27(34)35-28(8,9)10)26(33)31(23-15-20(23)7)24(25(32)29-17(3)4)21-12-11-18(5)14-19(21)6/h11-12,14,16-17,20,22-24H,13,15H2,1-10H3,(H,29,32)(H,30,34). The second kappa shape index (κ2) is 11.4. The molecule has 4 atom stereocenters. The van der Waals surface area contributed by atoms with E-state index in [1.807, 2.05) is 59.7 Å². The molecule has 0 aromatic heterocycles. The molecule has 0 radical (unpaired) electrons. The second-order valence-corrected chi connectivity index (χ2v) is 11.8. The van der Waals surface area contributed by atoms with Crippen molar-refractivity contribution < 1.29 is 19.1 Å². The highest BCUT2D eigenvalue weighted by atomic mass is 16.6. The van der Waals surface area contributed by atoms with E-state index in [4.69, 9.17) is 4.74 Å². The smallest absolute Gasteiger partial charge is 0.408 e. The fourth-order valence-electron chi connectivity index (χ4n) is 4.41. The number of alkyl carbamates (subject to hydrolysis) is 1. The van der Waals surface area contributed by atoms with E-state index >= 15 is 0 Å². The van der Waals surface area contributed by atoms with Crippen molar-refractivity contribution in [2.75, 3.05) is 0 Å². The average Bonchev–Trinajstić information content (AvgIpc) is 3.39. The molecule has 0 spiro atoms. The number of carbonyl (C=O) groups is 3. The van der Waals surface area contributed by atoms with Gasteiger partial charge in [-0.3, -0.25) is 9.59 Å². The third kappa shape index (κ3) is 8.25. The molecule has 2 N–H and O–H groups in total. The minimum atomic E-state index is -0.794. The molecule has 7 heteroatoms. The summed E-state index contributed by atoms with van der Waals surface area (Å²) in [4.78, 5) is 42.2. The van der Waals surface area contributed by atoms with Crippen molar-refractivity contribution in [1.29, 1.82) is 0 Å². The molecule has 1 fully saturated rings. The summed E-state index contributed by atoms with van der Waals surface area (Å²) >= 11 is 0. The highest BCUT2D eigenvalue weighted by Gasteiger charge is 2.48. The van der Waals surface area contributed by atoms with Crippen LogP contribution >= 0.6 is 0 Å². The maximum absolute atomic E-state index is 14.2. The van der Waals surface area contributed by atoms with Crippen molar-refractivity contribution in [3.05, 3.63) is 34.9 Å². The van der Waals surface area contributed by atoms with Gasteiger partial charge in [-0.15, -0.1) is 0 Å². The van der Waals surface area contributed by atoms with Crippen molar-refractivity contribution >= 4 is 17.9 Å². The summed E-state index contributed by atoms with van der Waals surface area (Å²) in [5.74, 6) is -0.0237. The predicted octanol–water partition coefficient (Wildman–Crippen LogP) is 5.05. The second-order valence-electron chi connectivity index (χ2n) is 11.8. The van der Waals surface area contributed by atoms with E-state index < -0.39 is 23.8 Å². The van der Waals surface area contributed by atoms with Crippen molar-refractivity contribution in [1.82, 2.24) is 15.5 Å². The number of carbonyl (C=O) groups excluding carboxylic acids is 3. The summed E-state index contributed by atoms with van der Waals surface area (Å²) < 4.78 is 5.45. The highest BCUT2D eigenvalue weighted by molar-refractivity contribution is 5.93. The molecule has 0 heterocycles. The molecule has 1 aromatic rings. The number of aryl methyl sites for hydroxylation is 2. The zero-order valence-electron chi connectivity index (χ0n) is 23.2. The molecule has 196 valence electrons. The Bertz CT molecular complexity index is 919. The van der Waals surface area contributed by atoms with Gasteiger partial charge in [0.05, 0.1) is 0 Å². The lowest BCUT2D eigenvalue weighted by Gasteiger charge is -2.36. The van der Waals surface area contributed by atoms with Crippen LogP contribution in [0.2, 0.25) is 0 Å². The molecule has 7 nitrogen and oxygen atoms in total. The number of nitrogens with one attached hydrogen (secondary N) is 2. The van der Waals surface area contributed by atoms with Crippen LogP contribution in [-0.2, 0) is 14.3 Å². The SMILES string of the molecule is Cc1ccc(C(C(=O)NC(C)C)N(C(=O)C(CC(C)C)NC(=O)OC(C)(C)C)C2CC2C)c(C)c1. The van der Waals surface area contributed by atoms with E-state index in [9.17, 15) is 14.4 Å². The topological polar surface area (TPSA) is 87.7 Å². The summed E-state index contributed by atoms with van der Waals surface area (Å²) in [5, 5.41) is 5.83. The minimum absolute atomic E-state index is 0.0683. The number of hydrogen-bond donors (Lipinski definition) is 2. The average molecular weight is 488 g/mol. The van der Waals surface area contributed by atoms with Gasteiger partial charge in [0.2, 0.25) is 11.8 Å². The lowest BCUT2D eigenvalue weighted by molar-refractivity contribution is -0.144. The molecule has 35 heavy (non-hydrogen) atoms. The van der Waals surface area contributed by atoms with Crippen LogP contribution in [0.15, 0.2) is 18.2 Å². The Morgan fingerprint density at radius 3 is 2.14 bits per heavy atom. The first kappa shape index (κ1) is 28.7. The van der Waals surface area contributed by atoms with Crippen LogP contribution in [0.25, 0.3) is 0 Å². The van der Waals surface area contributed by atoms with Gasteiger partial charge < -0.3 is 20.3 Å². The lowest BCUT2D eigenvalue weighted by Crippen LogP contribution is -2.55. The normalized spacial score (nSPS) is 19.2. The van der Waals surface area contributed by atoms with Gasteiger partial charge in [0.1, 0.15) is 17.7 Å². The predicted molar refractivity (Wildman–Crippen MR) is 139 cm³/mol. The van der Waals surface area contributed by atoms with Crippen molar-refractivity contribution in [2.45, 2.75) is 112 Å². The Kier molecular flexibility index (Phi) is 9.37. The fraction of sp³-hybridized carbons (Fsp3) is 0.679. The third-order valence-corrected chi connectivity index (χ3v) is 6.05. The van der Waals surface area contributed by atoms with E-state index in [0.29, 0.717) is 6.42 Å². The molecule has 3 amide bonds. The third-order valence-electron chi connectivity index (χ3n) is 6.05. The fourth-order valence-corrected chi connectivity index (χ4v) is 4.41. The molecule has 4 unspecified atom stereocenters. The maximum atomic E-state index is 14.2. The first-order valence-corrected chi connectivity index (χ1v) is 12.8. The van der Waals surface area contributed by atoms with Gasteiger partial charge >= 0.3 is 6.09 Å². The van der Waals surface area contributed by atoms with Gasteiger partial charge in [-0.05, 0) is 84.3 Å². The van der Waals surface area contributed by atoms with Crippen LogP contribution in [0.5, 0.6) is 0 Å². The first-order valence-electron chi connectivity index (χ1n) is 12.8. The Morgan fingerprint density at radius 1 is 1.09 bits per heavy atom. The number of amides is 3. The van der Waals surface area contributed by atoms with Crippen molar-refractivity contribution in [3.63, 3.8) is 0 Å². The van der Waals surface area contributed by atoms with Crippen LogP contribution in [-0.4, -0.2) is 46.5 Å². The Balaban J connectivity index is 2.53. The number of benzene rings is 1.